The smallest absolute Gasteiger partial charge is 0.0806 e. The zero-order valence-electron chi connectivity index (χ0n) is 8.54. The molecule has 0 spiro atoms. The molecule has 2 rings (SSSR count). The second-order valence-electron chi connectivity index (χ2n) is 3.33. The lowest BCUT2D eigenvalue weighted by atomic mass is 10.1. The van der Waals surface area contributed by atoms with Gasteiger partial charge in [0, 0.05) is 16.7 Å². The van der Waals surface area contributed by atoms with E-state index in [1.165, 1.54) is 20.5 Å². The van der Waals surface area contributed by atoms with Gasteiger partial charge in [0.05, 0.1) is 6.61 Å². The van der Waals surface area contributed by atoms with Crippen LogP contribution in [0.4, 0.5) is 0 Å². The predicted octanol–water partition coefficient (Wildman–Crippen LogP) is 3.61. The SMILES string of the molecule is CCc1cccc2sc(COC)cc12. The normalized spacial score (nSPS) is 11.0. The third-order valence-corrected chi connectivity index (χ3v) is 3.44. The first-order valence-electron chi connectivity index (χ1n) is 4.84. The molecule has 0 atom stereocenters. The van der Waals surface area contributed by atoms with Crippen LogP contribution in [0.25, 0.3) is 10.1 Å². The van der Waals surface area contributed by atoms with Gasteiger partial charge in [-0.25, -0.2) is 0 Å². The number of rotatable bonds is 3. The molecule has 0 aliphatic rings. The molecule has 0 N–H and O–H groups in total. The van der Waals surface area contributed by atoms with Crippen LogP contribution in [-0.2, 0) is 17.8 Å². The second kappa shape index (κ2) is 4.11. The van der Waals surface area contributed by atoms with Crippen LogP contribution in [0.3, 0.4) is 0 Å². The average molecular weight is 206 g/mol. The Labute approximate surface area is 88.3 Å². The fourth-order valence-corrected chi connectivity index (χ4v) is 2.78. The highest BCUT2D eigenvalue weighted by molar-refractivity contribution is 7.19. The van der Waals surface area contributed by atoms with Crippen LogP contribution in [0, 0.1) is 0 Å². The Morgan fingerprint density at radius 1 is 1.36 bits per heavy atom. The van der Waals surface area contributed by atoms with Gasteiger partial charge >= 0.3 is 0 Å². The van der Waals surface area contributed by atoms with Gasteiger partial charge in [-0.15, -0.1) is 11.3 Å². The van der Waals surface area contributed by atoms with Crippen molar-refractivity contribution in [2.24, 2.45) is 0 Å². The first-order valence-corrected chi connectivity index (χ1v) is 5.66. The lowest BCUT2D eigenvalue weighted by Crippen LogP contribution is -1.81. The molecule has 0 aliphatic carbocycles. The van der Waals surface area contributed by atoms with E-state index in [0.29, 0.717) is 0 Å². The molecular weight excluding hydrogens is 192 g/mol. The third kappa shape index (κ3) is 1.68. The Kier molecular flexibility index (Phi) is 2.85. The molecule has 1 nitrogen and oxygen atoms in total. The van der Waals surface area contributed by atoms with E-state index in [4.69, 9.17) is 4.74 Å². The summed E-state index contributed by atoms with van der Waals surface area (Å²) in [5.74, 6) is 0. The molecule has 0 radical (unpaired) electrons. The summed E-state index contributed by atoms with van der Waals surface area (Å²) in [6.45, 7) is 2.92. The molecule has 0 unspecified atom stereocenters. The van der Waals surface area contributed by atoms with Gasteiger partial charge in [-0.2, -0.15) is 0 Å². The van der Waals surface area contributed by atoms with E-state index in [0.717, 1.165) is 13.0 Å². The molecule has 0 aliphatic heterocycles. The van der Waals surface area contributed by atoms with Crippen molar-refractivity contribution in [3.8, 4) is 0 Å². The monoisotopic (exact) mass is 206 g/mol. The molecule has 2 aromatic rings. The Bertz CT molecular complexity index is 431. The van der Waals surface area contributed by atoms with Gasteiger partial charge in [0.2, 0.25) is 0 Å². The van der Waals surface area contributed by atoms with Crippen molar-refractivity contribution >= 4 is 21.4 Å². The zero-order valence-corrected chi connectivity index (χ0v) is 9.36. The molecular formula is C12H14OS. The molecule has 0 saturated heterocycles. The van der Waals surface area contributed by atoms with Crippen LogP contribution in [0.2, 0.25) is 0 Å². The largest absolute Gasteiger partial charge is 0.379 e. The van der Waals surface area contributed by atoms with Gasteiger partial charge in [0.1, 0.15) is 0 Å². The van der Waals surface area contributed by atoms with E-state index in [-0.39, 0.29) is 0 Å². The van der Waals surface area contributed by atoms with Crippen LogP contribution in [0.5, 0.6) is 0 Å². The molecule has 74 valence electrons. The summed E-state index contributed by atoms with van der Waals surface area (Å²) in [7, 11) is 1.74. The highest BCUT2D eigenvalue weighted by Gasteiger charge is 2.04. The number of thiophene rings is 1. The quantitative estimate of drug-likeness (QED) is 0.745. The van der Waals surface area contributed by atoms with Crippen molar-refractivity contribution in [3.63, 3.8) is 0 Å². The van der Waals surface area contributed by atoms with Gasteiger partial charge < -0.3 is 4.74 Å². The maximum absolute atomic E-state index is 5.14. The predicted molar refractivity (Wildman–Crippen MR) is 61.9 cm³/mol. The van der Waals surface area contributed by atoms with Crippen molar-refractivity contribution in [3.05, 3.63) is 34.7 Å². The van der Waals surface area contributed by atoms with Gasteiger partial charge in [-0.1, -0.05) is 19.1 Å². The van der Waals surface area contributed by atoms with Gasteiger partial charge in [0.25, 0.3) is 0 Å². The van der Waals surface area contributed by atoms with E-state index in [2.05, 4.69) is 31.2 Å². The first-order chi connectivity index (χ1) is 6.85. The van der Waals surface area contributed by atoms with E-state index < -0.39 is 0 Å². The van der Waals surface area contributed by atoms with E-state index in [9.17, 15) is 0 Å². The van der Waals surface area contributed by atoms with Gasteiger partial charge in [0.15, 0.2) is 0 Å². The molecule has 14 heavy (non-hydrogen) atoms. The Hall–Kier alpha value is -0.860. The summed E-state index contributed by atoms with van der Waals surface area (Å²) in [5, 5.41) is 1.40. The van der Waals surface area contributed by atoms with Gasteiger partial charge in [-0.05, 0) is 29.5 Å². The van der Waals surface area contributed by atoms with E-state index in [1.54, 1.807) is 7.11 Å². The summed E-state index contributed by atoms with van der Waals surface area (Å²) in [5.41, 5.74) is 1.43. The van der Waals surface area contributed by atoms with Crippen molar-refractivity contribution < 1.29 is 4.74 Å². The van der Waals surface area contributed by atoms with Crippen LogP contribution < -0.4 is 0 Å². The lowest BCUT2D eigenvalue weighted by molar-refractivity contribution is 0.187. The second-order valence-corrected chi connectivity index (χ2v) is 4.50. The molecule has 0 saturated carbocycles. The van der Waals surface area contributed by atoms with Crippen molar-refractivity contribution in [1.82, 2.24) is 0 Å². The number of hydrogen-bond donors (Lipinski definition) is 0. The van der Waals surface area contributed by atoms with Crippen LogP contribution >= 0.6 is 11.3 Å². The lowest BCUT2D eigenvalue weighted by Gasteiger charge is -1.96. The average Bonchev–Trinajstić information content (AvgIpc) is 2.60. The maximum Gasteiger partial charge on any atom is 0.0806 e. The highest BCUT2D eigenvalue weighted by atomic mass is 32.1. The minimum atomic E-state index is 0.725. The molecule has 0 fully saturated rings. The minimum Gasteiger partial charge on any atom is -0.379 e. The third-order valence-electron chi connectivity index (χ3n) is 2.37. The van der Waals surface area contributed by atoms with Crippen LogP contribution in [0.1, 0.15) is 17.4 Å². The molecule has 0 amide bonds. The number of hydrogen-bond acceptors (Lipinski definition) is 2. The summed E-state index contributed by atoms with van der Waals surface area (Å²) in [4.78, 5) is 1.31. The van der Waals surface area contributed by atoms with Crippen molar-refractivity contribution in [2.45, 2.75) is 20.0 Å². The summed E-state index contributed by atoms with van der Waals surface area (Å²) >= 11 is 1.83. The Balaban J connectivity index is 2.52. The van der Waals surface area contributed by atoms with Crippen molar-refractivity contribution in [2.75, 3.05) is 7.11 Å². The summed E-state index contributed by atoms with van der Waals surface area (Å²) < 4.78 is 6.51. The zero-order chi connectivity index (χ0) is 9.97. The number of aryl methyl sites for hydroxylation is 1. The van der Waals surface area contributed by atoms with Crippen LogP contribution in [0.15, 0.2) is 24.3 Å². The van der Waals surface area contributed by atoms with E-state index in [1.807, 2.05) is 11.3 Å². The molecule has 1 aromatic heterocycles. The van der Waals surface area contributed by atoms with E-state index >= 15 is 0 Å². The molecule has 1 heterocycles. The standard InChI is InChI=1S/C12H14OS/c1-3-9-5-4-6-12-11(9)7-10(14-12)8-13-2/h4-7H,3,8H2,1-2H3. The maximum atomic E-state index is 5.14. The Morgan fingerprint density at radius 2 is 2.21 bits per heavy atom. The molecule has 0 bridgehead atoms. The Morgan fingerprint density at radius 3 is 2.93 bits per heavy atom. The number of benzene rings is 1. The fraction of sp³-hybridized carbons (Fsp3) is 0.333. The molecule has 1 aromatic carbocycles. The number of fused-ring (bicyclic) bond motifs is 1. The highest BCUT2D eigenvalue weighted by Crippen LogP contribution is 2.28. The van der Waals surface area contributed by atoms with Gasteiger partial charge in [-0.3, -0.25) is 0 Å². The summed E-state index contributed by atoms with van der Waals surface area (Å²) in [6.07, 6.45) is 1.10. The fourth-order valence-electron chi connectivity index (χ4n) is 1.70. The summed E-state index contributed by atoms with van der Waals surface area (Å²) in [6, 6.07) is 8.76. The van der Waals surface area contributed by atoms with Crippen molar-refractivity contribution in [1.29, 1.82) is 0 Å². The topological polar surface area (TPSA) is 9.23 Å². The molecule has 2 heteroatoms. The minimum absolute atomic E-state index is 0.725. The number of ether oxygens (including phenoxy) is 1. The number of methoxy groups -OCH3 is 1. The van der Waals surface area contributed by atoms with Crippen LogP contribution in [-0.4, -0.2) is 7.11 Å². The first kappa shape index (κ1) is 9.69.